The molecule has 2 saturated heterocycles. The largest absolute Gasteiger partial charge is 0.371 e. The number of rotatable bonds is 0. The van der Waals surface area contributed by atoms with Crippen molar-refractivity contribution in [1.82, 2.24) is 0 Å². The number of hydrogen-bond donors (Lipinski definition) is 0. The summed E-state index contributed by atoms with van der Waals surface area (Å²) < 4.78 is 20.1. The molecule has 5 saturated carbocycles. The van der Waals surface area contributed by atoms with Crippen LogP contribution in [0.5, 0.6) is 0 Å². The van der Waals surface area contributed by atoms with Gasteiger partial charge in [0.05, 0.1) is 24.9 Å². The fourth-order valence-corrected chi connectivity index (χ4v) is 13.1. The molecule has 0 aromatic carbocycles. The van der Waals surface area contributed by atoms with E-state index in [1.165, 1.54) is 51.4 Å². The molecule has 0 aromatic heterocycles. The lowest BCUT2D eigenvalue weighted by Crippen LogP contribution is -2.62. The van der Waals surface area contributed by atoms with Crippen LogP contribution >= 0.6 is 0 Å². The summed E-state index contributed by atoms with van der Waals surface area (Å²) in [4.78, 5) is 0. The minimum atomic E-state index is -0.297. The zero-order valence-corrected chi connectivity index (χ0v) is 25.3. The zero-order chi connectivity index (χ0) is 26.2. The van der Waals surface area contributed by atoms with Crippen LogP contribution in [0.2, 0.25) is 0 Å². The van der Waals surface area contributed by atoms with Crippen molar-refractivity contribution in [3.8, 4) is 0 Å². The first kappa shape index (κ1) is 25.8. The van der Waals surface area contributed by atoms with Crippen LogP contribution in [-0.4, -0.2) is 30.7 Å². The fraction of sp³-hybridized carbons (Fsp3) is 1.00. The molecule has 0 bridgehead atoms. The number of hydrogen-bond acceptors (Lipinski definition) is 3. The Morgan fingerprint density at radius 1 is 0.676 bits per heavy atom. The van der Waals surface area contributed by atoms with Crippen molar-refractivity contribution in [2.45, 2.75) is 137 Å². The van der Waals surface area contributed by atoms with Gasteiger partial charge in [0, 0.05) is 12.8 Å². The molecule has 7 fully saturated rings. The maximum Gasteiger partial charge on any atom is 0.169 e. The van der Waals surface area contributed by atoms with Gasteiger partial charge in [-0.15, -0.1) is 0 Å². The molecule has 0 radical (unpaired) electrons. The van der Waals surface area contributed by atoms with Crippen LogP contribution in [0.3, 0.4) is 0 Å². The Morgan fingerprint density at radius 2 is 1.41 bits per heavy atom. The van der Waals surface area contributed by atoms with Gasteiger partial charge in [-0.25, -0.2) is 0 Å². The molecule has 2 spiro atoms. The van der Waals surface area contributed by atoms with Crippen LogP contribution in [0.4, 0.5) is 0 Å². The van der Waals surface area contributed by atoms with Crippen LogP contribution in [0.25, 0.3) is 0 Å². The van der Waals surface area contributed by atoms with Gasteiger partial charge < -0.3 is 14.2 Å². The summed E-state index contributed by atoms with van der Waals surface area (Å²) in [6.07, 6.45) is 13.5. The van der Waals surface area contributed by atoms with Crippen LogP contribution in [0, 0.1) is 63.1 Å². The molecular weight excluding hydrogens is 456 g/mol. The van der Waals surface area contributed by atoms with E-state index in [4.69, 9.17) is 14.2 Å². The Hall–Kier alpha value is -0.120. The second-order valence-corrected chi connectivity index (χ2v) is 16.8. The number of ether oxygens (including phenoxy) is 3. The highest BCUT2D eigenvalue weighted by Gasteiger charge is 2.75. The second-order valence-electron chi connectivity index (χ2n) is 16.8. The van der Waals surface area contributed by atoms with E-state index in [1.54, 1.807) is 0 Å². The molecule has 3 nitrogen and oxygen atoms in total. The average molecular weight is 513 g/mol. The minimum absolute atomic E-state index is 0.0586. The molecule has 3 heteroatoms. The van der Waals surface area contributed by atoms with E-state index in [0.717, 1.165) is 61.6 Å². The maximum absolute atomic E-state index is 7.42. The predicted molar refractivity (Wildman–Crippen MR) is 148 cm³/mol. The predicted octanol–water partition coefficient (Wildman–Crippen LogP) is 8.25. The first-order valence-corrected chi connectivity index (χ1v) is 16.3. The van der Waals surface area contributed by atoms with E-state index < -0.39 is 0 Å². The van der Waals surface area contributed by atoms with Crippen molar-refractivity contribution in [1.29, 1.82) is 0 Å². The highest BCUT2D eigenvalue weighted by Crippen LogP contribution is 2.79. The van der Waals surface area contributed by atoms with E-state index in [2.05, 4.69) is 55.4 Å². The van der Waals surface area contributed by atoms with Crippen LogP contribution < -0.4 is 0 Å². The molecule has 210 valence electrons. The lowest BCUT2D eigenvalue weighted by atomic mass is 9.42. The molecular formula is C34H56O3. The van der Waals surface area contributed by atoms with Gasteiger partial charge in [-0.05, 0) is 108 Å². The molecule has 12 atom stereocenters. The molecule has 0 unspecified atom stereocenters. The van der Waals surface area contributed by atoms with Crippen molar-refractivity contribution >= 4 is 0 Å². The van der Waals surface area contributed by atoms with Crippen molar-refractivity contribution in [3.63, 3.8) is 0 Å². The summed E-state index contributed by atoms with van der Waals surface area (Å²) in [7, 11) is 0. The Labute approximate surface area is 227 Å². The van der Waals surface area contributed by atoms with Crippen LogP contribution in [0.1, 0.15) is 120 Å². The summed E-state index contributed by atoms with van der Waals surface area (Å²) >= 11 is 0. The second kappa shape index (κ2) is 7.79. The van der Waals surface area contributed by atoms with E-state index >= 15 is 0 Å². The molecule has 7 aliphatic rings. The maximum atomic E-state index is 7.42. The molecule has 0 aromatic rings. The Balaban J connectivity index is 1.24. The normalized spacial score (nSPS) is 59.7. The van der Waals surface area contributed by atoms with Gasteiger partial charge in [-0.3, -0.25) is 0 Å². The lowest BCUT2D eigenvalue weighted by molar-refractivity contribution is -0.259. The third-order valence-electron chi connectivity index (χ3n) is 16.0. The number of fused-ring (bicyclic) bond motifs is 6. The van der Waals surface area contributed by atoms with Gasteiger partial charge in [0.2, 0.25) is 0 Å². The van der Waals surface area contributed by atoms with Gasteiger partial charge in [-0.2, -0.15) is 0 Å². The fourth-order valence-electron chi connectivity index (χ4n) is 13.1. The van der Waals surface area contributed by atoms with Gasteiger partial charge >= 0.3 is 0 Å². The van der Waals surface area contributed by atoms with Gasteiger partial charge in [0.1, 0.15) is 0 Å². The Kier molecular flexibility index (Phi) is 5.43. The molecule has 7 rings (SSSR count). The van der Waals surface area contributed by atoms with Crippen molar-refractivity contribution in [2.75, 3.05) is 13.2 Å². The highest BCUT2D eigenvalue weighted by atomic mass is 16.7. The summed E-state index contributed by atoms with van der Waals surface area (Å²) in [5.74, 6) is 5.24. The SMILES string of the molecule is C[C@@H]1CC[C@H]2[C@@H](C)[C@@]3(CC[C@H]4[C@@H]5C[C@H](C)[C@@]6(C)CC7(CC[C@]6(C)[C@H]5C[C@@]4(C)C3(C)C)OCCO7)O[C@@H]2C1. The monoisotopic (exact) mass is 512 g/mol. The standard InChI is InChI=1S/C34H56O3/c1-21-9-10-24-23(3)34(37-28(24)17-21)12-11-26-25-18-22(2)32(8)20-33(35-15-16-36-33)14-13-30(32,6)27(25)19-31(26,7)29(34,4)5/h21-28H,9-20H2,1-8H3/t21-,22+,23-,24+,25+,26+,27+,28-,30-,31-,32-,34-/m1/s1. The molecule has 5 aliphatic carbocycles. The van der Waals surface area contributed by atoms with Crippen LogP contribution in [-0.2, 0) is 14.2 Å². The molecule has 2 heterocycles. The minimum Gasteiger partial charge on any atom is -0.371 e. The summed E-state index contributed by atoms with van der Waals surface area (Å²) in [5, 5.41) is 0. The van der Waals surface area contributed by atoms with E-state index in [9.17, 15) is 0 Å². The first-order chi connectivity index (χ1) is 17.3. The first-order valence-electron chi connectivity index (χ1n) is 16.3. The van der Waals surface area contributed by atoms with E-state index in [0.29, 0.717) is 22.9 Å². The van der Waals surface area contributed by atoms with Gasteiger partial charge in [0.15, 0.2) is 5.79 Å². The third kappa shape index (κ3) is 2.96. The van der Waals surface area contributed by atoms with E-state index in [-0.39, 0.29) is 22.2 Å². The quantitative estimate of drug-likeness (QED) is 0.327. The third-order valence-corrected chi connectivity index (χ3v) is 16.0. The molecule has 0 amide bonds. The van der Waals surface area contributed by atoms with Gasteiger partial charge in [0.25, 0.3) is 0 Å². The van der Waals surface area contributed by atoms with Crippen molar-refractivity contribution in [2.24, 2.45) is 63.1 Å². The summed E-state index contributed by atoms with van der Waals surface area (Å²) in [6, 6.07) is 0. The topological polar surface area (TPSA) is 27.7 Å². The lowest BCUT2D eigenvalue weighted by Gasteiger charge is -2.64. The zero-order valence-electron chi connectivity index (χ0n) is 25.3. The summed E-state index contributed by atoms with van der Waals surface area (Å²) in [5.41, 5.74) is 1.25. The summed E-state index contributed by atoms with van der Waals surface area (Å²) in [6.45, 7) is 22.6. The highest BCUT2D eigenvalue weighted by molar-refractivity contribution is 5.23. The molecule has 2 aliphatic heterocycles. The Morgan fingerprint density at radius 3 is 2.14 bits per heavy atom. The molecule has 37 heavy (non-hydrogen) atoms. The van der Waals surface area contributed by atoms with E-state index in [1.807, 2.05) is 0 Å². The van der Waals surface area contributed by atoms with Crippen molar-refractivity contribution < 1.29 is 14.2 Å². The van der Waals surface area contributed by atoms with Crippen molar-refractivity contribution in [3.05, 3.63) is 0 Å². The Bertz CT molecular complexity index is 937. The smallest absolute Gasteiger partial charge is 0.169 e. The average Bonchev–Trinajstić information content (AvgIpc) is 3.49. The molecule has 0 N–H and O–H groups in total. The van der Waals surface area contributed by atoms with Gasteiger partial charge in [-0.1, -0.05) is 61.8 Å². The van der Waals surface area contributed by atoms with Crippen LogP contribution in [0.15, 0.2) is 0 Å².